The van der Waals surface area contributed by atoms with Crippen LogP contribution in [0.25, 0.3) is 0 Å². The highest BCUT2D eigenvalue weighted by molar-refractivity contribution is 7.98. The van der Waals surface area contributed by atoms with Gasteiger partial charge >= 0.3 is 0 Å². The summed E-state index contributed by atoms with van der Waals surface area (Å²) < 4.78 is 0. The quantitative estimate of drug-likeness (QED) is 0.754. The molecule has 0 spiro atoms. The van der Waals surface area contributed by atoms with Crippen LogP contribution in [-0.4, -0.2) is 37.6 Å². The van der Waals surface area contributed by atoms with Crippen LogP contribution in [0, 0.1) is 0 Å². The molecule has 0 radical (unpaired) electrons. The second kappa shape index (κ2) is 45.3. The molecule has 0 aromatic rings. The summed E-state index contributed by atoms with van der Waals surface area (Å²) in [6.07, 6.45) is 8.19. The van der Waals surface area contributed by atoms with Crippen LogP contribution in [0.15, 0.2) is 12.2 Å². The molecule has 0 fully saturated rings. The largest absolute Gasteiger partial charge is 0.320 e. The minimum Gasteiger partial charge on any atom is -0.320 e. The van der Waals surface area contributed by atoms with Gasteiger partial charge in [0.15, 0.2) is 0 Å². The van der Waals surface area contributed by atoms with Crippen LogP contribution in [0.5, 0.6) is 0 Å². The summed E-state index contributed by atoms with van der Waals surface area (Å²) in [6, 6.07) is 0. The van der Waals surface area contributed by atoms with E-state index in [2.05, 4.69) is 38.6 Å². The van der Waals surface area contributed by atoms with E-state index >= 15 is 0 Å². The molecule has 102 valence electrons. The van der Waals surface area contributed by atoms with Crippen LogP contribution in [0.3, 0.4) is 0 Å². The van der Waals surface area contributed by atoms with Gasteiger partial charge in [-0.15, -0.1) is 0 Å². The first-order valence-corrected chi connectivity index (χ1v) is 8.64. The first kappa shape index (κ1) is 25.3. The van der Waals surface area contributed by atoms with Gasteiger partial charge < -0.3 is 5.32 Å². The SMILES string of the molecule is CC=CC.CCNC.CCSC.CCSC. The van der Waals surface area contributed by atoms with Crippen LogP contribution >= 0.6 is 23.5 Å². The smallest absolute Gasteiger partial charge is 0.00804 e. The summed E-state index contributed by atoms with van der Waals surface area (Å²) in [5, 5.41) is 2.93. The van der Waals surface area contributed by atoms with E-state index in [1.54, 1.807) is 0 Å². The third kappa shape index (κ3) is 134. The number of nitrogens with one attached hydrogen (secondary N) is 1. The fourth-order valence-electron chi connectivity index (χ4n) is 0. The molecule has 1 N–H and O–H groups in total. The van der Waals surface area contributed by atoms with E-state index in [4.69, 9.17) is 0 Å². The van der Waals surface area contributed by atoms with Gasteiger partial charge in [0.2, 0.25) is 0 Å². The van der Waals surface area contributed by atoms with Crippen molar-refractivity contribution in [1.29, 1.82) is 0 Å². The third-order valence-corrected chi connectivity index (χ3v) is 2.42. The van der Waals surface area contributed by atoms with Crippen molar-refractivity contribution >= 4 is 23.5 Å². The van der Waals surface area contributed by atoms with Crippen LogP contribution in [-0.2, 0) is 0 Å². The Kier molecular flexibility index (Phi) is 71.5. The lowest BCUT2D eigenvalue weighted by atomic mass is 10.6. The molecule has 0 atom stereocenters. The van der Waals surface area contributed by atoms with Crippen molar-refractivity contribution in [3.8, 4) is 0 Å². The molecule has 0 unspecified atom stereocenters. The van der Waals surface area contributed by atoms with Gasteiger partial charge in [-0.1, -0.05) is 32.9 Å². The molecule has 0 amide bonds. The molecular weight excluding hydrogens is 234 g/mol. The molecule has 0 heterocycles. The van der Waals surface area contributed by atoms with Crippen molar-refractivity contribution in [2.45, 2.75) is 34.6 Å². The number of rotatable bonds is 3. The number of thioether (sulfide) groups is 2. The molecule has 0 aliphatic carbocycles. The molecule has 0 rings (SSSR count). The van der Waals surface area contributed by atoms with Gasteiger partial charge in [-0.2, -0.15) is 23.5 Å². The minimum atomic E-state index is 1.07. The molecule has 0 aromatic carbocycles. The maximum absolute atomic E-state index is 2.93. The van der Waals surface area contributed by atoms with Gasteiger partial charge in [-0.25, -0.2) is 0 Å². The lowest BCUT2D eigenvalue weighted by Crippen LogP contribution is -2.01. The van der Waals surface area contributed by atoms with Crippen LogP contribution in [0.4, 0.5) is 0 Å². The Bertz CT molecular complexity index is 66.5. The highest BCUT2D eigenvalue weighted by atomic mass is 32.2. The molecule has 0 aliphatic rings. The average Bonchev–Trinajstić information content (AvgIpc) is 2.39. The van der Waals surface area contributed by atoms with E-state index in [-0.39, 0.29) is 0 Å². The van der Waals surface area contributed by atoms with Crippen molar-refractivity contribution in [2.75, 3.05) is 37.6 Å². The Morgan fingerprint density at radius 2 is 1.06 bits per heavy atom. The zero-order valence-electron chi connectivity index (χ0n) is 12.6. The molecule has 0 aliphatic heterocycles. The summed E-state index contributed by atoms with van der Waals surface area (Å²) in [5.74, 6) is 2.47. The van der Waals surface area contributed by atoms with E-state index in [0.29, 0.717) is 0 Å². The first-order chi connectivity index (χ1) is 7.66. The summed E-state index contributed by atoms with van der Waals surface area (Å²) in [5.41, 5.74) is 0. The zero-order valence-corrected chi connectivity index (χ0v) is 14.2. The Labute approximate surface area is 113 Å². The summed E-state index contributed by atoms with van der Waals surface area (Å²) >= 11 is 3.71. The molecular formula is C13H33NS2. The van der Waals surface area contributed by atoms with E-state index in [9.17, 15) is 0 Å². The van der Waals surface area contributed by atoms with Crippen LogP contribution in [0.2, 0.25) is 0 Å². The highest BCUT2D eigenvalue weighted by Gasteiger charge is 1.55. The first-order valence-electron chi connectivity index (χ1n) is 5.86. The van der Waals surface area contributed by atoms with Gasteiger partial charge in [-0.3, -0.25) is 0 Å². The predicted octanol–water partition coefficient (Wildman–Crippen LogP) is 4.55. The monoisotopic (exact) mass is 267 g/mol. The van der Waals surface area contributed by atoms with Crippen molar-refractivity contribution in [3.63, 3.8) is 0 Å². The Morgan fingerprint density at radius 1 is 0.875 bits per heavy atom. The maximum Gasteiger partial charge on any atom is -0.00804 e. The second-order valence-corrected chi connectivity index (χ2v) is 4.84. The van der Waals surface area contributed by atoms with Crippen molar-refractivity contribution < 1.29 is 0 Å². The normalized spacial score (nSPS) is 8.00. The van der Waals surface area contributed by atoms with Gasteiger partial charge in [0.1, 0.15) is 0 Å². The predicted molar refractivity (Wildman–Crippen MR) is 88.2 cm³/mol. The van der Waals surface area contributed by atoms with Gasteiger partial charge in [0.25, 0.3) is 0 Å². The van der Waals surface area contributed by atoms with E-state index in [1.807, 2.05) is 56.6 Å². The van der Waals surface area contributed by atoms with Crippen molar-refractivity contribution in [3.05, 3.63) is 12.2 Å². The Morgan fingerprint density at radius 3 is 1.06 bits per heavy atom. The maximum atomic E-state index is 2.93. The topological polar surface area (TPSA) is 12.0 Å². The molecule has 0 bridgehead atoms. The van der Waals surface area contributed by atoms with E-state index in [1.165, 1.54) is 11.5 Å². The standard InChI is InChI=1S/C4H8.C3H9N.2C3H8S/c4*1-3-4-2/h3-4H,1-2H3;4H,3H2,1-2H3;2*3H2,1-2H3. The Balaban J connectivity index is -0.0000000600. The van der Waals surface area contributed by atoms with Crippen molar-refractivity contribution in [1.82, 2.24) is 5.32 Å². The molecule has 3 heteroatoms. The van der Waals surface area contributed by atoms with Crippen LogP contribution in [0.1, 0.15) is 34.6 Å². The van der Waals surface area contributed by atoms with Gasteiger partial charge in [-0.05, 0) is 51.5 Å². The summed E-state index contributed by atoms with van der Waals surface area (Å²) in [6.45, 7) is 11.4. The van der Waals surface area contributed by atoms with E-state index < -0.39 is 0 Å². The molecule has 0 saturated carbocycles. The Hall–Kier alpha value is 0.400. The minimum absolute atomic E-state index is 1.07. The third-order valence-electron chi connectivity index (χ3n) is 1.26. The number of hydrogen-bond acceptors (Lipinski definition) is 3. The van der Waals surface area contributed by atoms with Crippen LogP contribution < -0.4 is 5.32 Å². The molecule has 0 aromatic heterocycles. The lowest BCUT2D eigenvalue weighted by molar-refractivity contribution is 0.864. The number of hydrogen-bond donors (Lipinski definition) is 1. The highest BCUT2D eigenvalue weighted by Crippen LogP contribution is 1.84. The zero-order chi connectivity index (χ0) is 13.7. The lowest BCUT2D eigenvalue weighted by Gasteiger charge is -1.76. The fraction of sp³-hybridized carbons (Fsp3) is 0.846. The van der Waals surface area contributed by atoms with Gasteiger partial charge in [0, 0.05) is 0 Å². The number of allylic oxidation sites excluding steroid dienone is 2. The summed E-state index contributed by atoms with van der Waals surface area (Å²) in [4.78, 5) is 0. The van der Waals surface area contributed by atoms with Crippen molar-refractivity contribution in [2.24, 2.45) is 0 Å². The molecule has 0 saturated heterocycles. The van der Waals surface area contributed by atoms with E-state index in [0.717, 1.165) is 6.54 Å². The molecule has 16 heavy (non-hydrogen) atoms. The summed E-state index contributed by atoms with van der Waals surface area (Å²) in [7, 11) is 1.93. The van der Waals surface area contributed by atoms with Gasteiger partial charge in [0.05, 0.1) is 0 Å². The second-order valence-electron chi connectivity index (χ2n) is 2.53. The fourth-order valence-corrected chi connectivity index (χ4v) is 0. The average molecular weight is 268 g/mol. The molecule has 1 nitrogen and oxygen atoms in total.